The third-order valence-corrected chi connectivity index (χ3v) is 5.80. The summed E-state index contributed by atoms with van der Waals surface area (Å²) in [6.45, 7) is 2.35. The predicted octanol–water partition coefficient (Wildman–Crippen LogP) is 5.35. The van der Waals surface area contributed by atoms with E-state index in [1.54, 1.807) is 12.1 Å². The van der Waals surface area contributed by atoms with Gasteiger partial charge in [-0.05, 0) is 70.5 Å². The van der Waals surface area contributed by atoms with Crippen molar-refractivity contribution >= 4 is 45.9 Å². The number of phenols is 1. The maximum absolute atomic E-state index is 12.6. The van der Waals surface area contributed by atoms with Crippen molar-refractivity contribution in [3.63, 3.8) is 0 Å². The molecule has 0 aliphatic rings. The molecule has 10 heteroatoms. The summed E-state index contributed by atoms with van der Waals surface area (Å²) in [5.41, 5.74) is 2.03. The number of nitriles is 1. The number of rotatable bonds is 8. The molecule has 0 aliphatic heterocycles. The molecular formula is C25H20IN3O6. The van der Waals surface area contributed by atoms with Gasteiger partial charge in [-0.3, -0.25) is 14.9 Å². The smallest absolute Gasteiger partial charge is 0.273 e. The average Bonchev–Trinajstić information content (AvgIpc) is 2.83. The van der Waals surface area contributed by atoms with E-state index in [0.29, 0.717) is 27.2 Å². The predicted molar refractivity (Wildman–Crippen MR) is 138 cm³/mol. The summed E-state index contributed by atoms with van der Waals surface area (Å²) in [6, 6.07) is 16.3. The fourth-order valence-electron chi connectivity index (χ4n) is 3.13. The summed E-state index contributed by atoms with van der Waals surface area (Å²) < 4.78 is 12.2. The molecule has 0 saturated carbocycles. The number of benzene rings is 3. The van der Waals surface area contributed by atoms with Crippen LogP contribution in [0.5, 0.6) is 17.2 Å². The minimum Gasteiger partial charge on any atom is -0.506 e. The first-order chi connectivity index (χ1) is 16.7. The molecule has 3 rings (SSSR count). The van der Waals surface area contributed by atoms with Crippen molar-refractivity contribution in [3.8, 4) is 23.3 Å². The molecule has 1 amide bonds. The molecule has 35 heavy (non-hydrogen) atoms. The summed E-state index contributed by atoms with van der Waals surface area (Å²) in [6.07, 6.45) is 1.37. The topological polar surface area (TPSA) is 135 Å². The number of nitro groups is 1. The van der Waals surface area contributed by atoms with E-state index >= 15 is 0 Å². The van der Waals surface area contributed by atoms with Crippen LogP contribution in [-0.4, -0.2) is 23.0 Å². The van der Waals surface area contributed by atoms with Crippen LogP contribution in [0.4, 0.5) is 11.4 Å². The van der Waals surface area contributed by atoms with Gasteiger partial charge in [0.2, 0.25) is 0 Å². The number of aromatic hydroxyl groups is 1. The molecule has 0 saturated heterocycles. The van der Waals surface area contributed by atoms with Gasteiger partial charge in [0, 0.05) is 6.07 Å². The number of anilines is 1. The van der Waals surface area contributed by atoms with E-state index in [1.807, 2.05) is 37.3 Å². The number of nitro benzene ring substituents is 1. The van der Waals surface area contributed by atoms with E-state index in [4.69, 9.17) is 9.47 Å². The molecule has 2 N–H and O–H groups in total. The third-order valence-electron chi connectivity index (χ3n) is 5.00. The maximum atomic E-state index is 12.6. The molecule has 3 aromatic carbocycles. The van der Waals surface area contributed by atoms with Gasteiger partial charge >= 0.3 is 0 Å². The summed E-state index contributed by atoms with van der Waals surface area (Å²) in [4.78, 5) is 22.8. The minimum atomic E-state index is -0.787. The summed E-state index contributed by atoms with van der Waals surface area (Å²) in [5.74, 6) is -0.309. The van der Waals surface area contributed by atoms with Gasteiger partial charge in [0.05, 0.1) is 27.4 Å². The van der Waals surface area contributed by atoms with Gasteiger partial charge < -0.3 is 19.9 Å². The van der Waals surface area contributed by atoms with E-state index in [-0.39, 0.29) is 16.9 Å². The van der Waals surface area contributed by atoms with Crippen molar-refractivity contribution in [2.24, 2.45) is 0 Å². The molecular weight excluding hydrogens is 565 g/mol. The number of aryl methyl sites for hydroxylation is 1. The lowest BCUT2D eigenvalue weighted by molar-refractivity contribution is -0.384. The highest BCUT2D eigenvalue weighted by atomic mass is 127. The molecule has 0 heterocycles. The first-order valence-corrected chi connectivity index (χ1v) is 11.3. The molecule has 178 valence electrons. The van der Waals surface area contributed by atoms with Crippen LogP contribution in [0.25, 0.3) is 6.08 Å². The quantitative estimate of drug-likeness (QED) is 0.0910. The van der Waals surface area contributed by atoms with Crippen LogP contribution in [0.2, 0.25) is 0 Å². The molecule has 0 unspecified atom stereocenters. The second kappa shape index (κ2) is 11.3. The fraction of sp³-hybridized carbons (Fsp3) is 0.120. The van der Waals surface area contributed by atoms with E-state index in [9.17, 15) is 25.3 Å². The second-order valence-corrected chi connectivity index (χ2v) is 8.49. The van der Waals surface area contributed by atoms with E-state index in [2.05, 4.69) is 27.9 Å². The summed E-state index contributed by atoms with van der Waals surface area (Å²) in [7, 11) is 1.49. The number of hydrogen-bond acceptors (Lipinski definition) is 7. The van der Waals surface area contributed by atoms with Crippen LogP contribution in [0, 0.1) is 31.9 Å². The number of carbonyl (C=O) groups is 1. The normalized spacial score (nSPS) is 10.9. The first-order valence-electron chi connectivity index (χ1n) is 10.2. The molecule has 0 atom stereocenters. The Labute approximate surface area is 214 Å². The van der Waals surface area contributed by atoms with E-state index in [1.165, 1.54) is 19.3 Å². The zero-order valence-corrected chi connectivity index (χ0v) is 20.9. The number of amides is 1. The van der Waals surface area contributed by atoms with Crippen LogP contribution in [0.15, 0.2) is 60.2 Å². The van der Waals surface area contributed by atoms with Gasteiger partial charge in [0.15, 0.2) is 11.5 Å². The van der Waals surface area contributed by atoms with Crippen molar-refractivity contribution < 1.29 is 24.3 Å². The monoisotopic (exact) mass is 585 g/mol. The Morgan fingerprint density at radius 3 is 2.63 bits per heavy atom. The highest BCUT2D eigenvalue weighted by molar-refractivity contribution is 14.1. The van der Waals surface area contributed by atoms with Gasteiger partial charge in [0.25, 0.3) is 11.6 Å². The van der Waals surface area contributed by atoms with Crippen molar-refractivity contribution in [1.82, 2.24) is 0 Å². The van der Waals surface area contributed by atoms with Crippen LogP contribution < -0.4 is 14.8 Å². The molecule has 0 bridgehead atoms. The fourth-order valence-corrected chi connectivity index (χ4v) is 3.91. The number of hydrogen-bond donors (Lipinski definition) is 2. The zero-order chi connectivity index (χ0) is 25.5. The Kier molecular flexibility index (Phi) is 8.27. The lowest BCUT2D eigenvalue weighted by Gasteiger charge is -2.15. The number of methoxy groups -OCH3 is 1. The van der Waals surface area contributed by atoms with Gasteiger partial charge in [-0.2, -0.15) is 5.26 Å². The summed E-state index contributed by atoms with van der Waals surface area (Å²) in [5, 5.41) is 32.7. The van der Waals surface area contributed by atoms with Crippen molar-refractivity contribution in [3.05, 3.63) is 90.5 Å². The summed E-state index contributed by atoms with van der Waals surface area (Å²) >= 11 is 2.09. The molecule has 0 radical (unpaired) electrons. The van der Waals surface area contributed by atoms with Crippen molar-refractivity contribution in [2.75, 3.05) is 12.4 Å². The number of non-ortho nitro benzene ring substituents is 1. The zero-order valence-electron chi connectivity index (χ0n) is 18.7. The highest BCUT2D eigenvalue weighted by Gasteiger charge is 2.17. The lowest BCUT2D eigenvalue weighted by atomic mass is 10.1. The Morgan fingerprint density at radius 2 is 2.00 bits per heavy atom. The molecule has 0 aliphatic carbocycles. The lowest BCUT2D eigenvalue weighted by Crippen LogP contribution is -2.13. The van der Waals surface area contributed by atoms with Crippen molar-refractivity contribution in [1.29, 1.82) is 5.26 Å². The average molecular weight is 585 g/mol. The van der Waals surface area contributed by atoms with E-state index < -0.39 is 16.6 Å². The Hall–Kier alpha value is -4.11. The Balaban J connectivity index is 1.83. The van der Waals surface area contributed by atoms with Gasteiger partial charge in [-0.1, -0.05) is 24.3 Å². The van der Waals surface area contributed by atoms with Gasteiger partial charge in [0.1, 0.15) is 24.0 Å². The highest BCUT2D eigenvalue weighted by Crippen LogP contribution is 2.35. The first kappa shape index (κ1) is 25.5. The number of nitrogens with one attached hydrogen (secondary N) is 1. The molecule has 0 aromatic heterocycles. The molecule has 3 aromatic rings. The third kappa shape index (κ3) is 6.27. The number of phenolic OH excluding ortho intramolecular Hbond substituents is 1. The Morgan fingerprint density at radius 1 is 1.26 bits per heavy atom. The standard InChI is InChI=1S/C25H20IN3O6/c1-15-5-3-4-6-17(15)14-35-24-20(26)10-16(11-23(24)34-2)9-18(13-27)25(31)28-21-8-7-19(29(32)33)12-22(21)30/h3-12,30H,14H2,1-2H3,(H,28,31)/b18-9-. The van der Waals surface area contributed by atoms with Crippen LogP contribution in [0.1, 0.15) is 16.7 Å². The molecule has 9 nitrogen and oxygen atoms in total. The number of halogens is 1. The number of ether oxygens (including phenoxy) is 2. The number of carbonyl (C=O) groups excluding carboxylic acids is 1. The van der Waals surface area contributed by atoms with Gasteiger partial charge in [-0.25, -0.2) is 0 Å². The maximum Gasteiger partial charge on any atom is 0.273 e. The van der Waals surface area contributed by atoms with E-state index in [0.717, 1.165) is 23.3 Å². The largest absolute Gasteiger partial charge is 0.506 e. The van der Waals surface area contributed by atoms with Crippen molar-refractivity contribution in [2.45, 2.75) is 13.5 Å². The van der Waals surface area contributed by atoms with Gasteiger partial charge in [-0.15, -0.1) is 0 Å². The Bertz CT molecular complexity index is 1360. The molecule has 0 spiro atoms. The number of nitrogens with zero attached hydrogens (tertiary/aromatic N) is 2. The van der Waals surface area contributed by atoms with Crippen LogP contribution in [-0.2, 0) is 11.4 Å². The SMILES string of the molecule is COc1cc(/C=C(/C#N)C(=O)Nc2ccc([N+](=O)[O-])cc2O)cc(I)c1OCc1ccccc1C. The van der Waals surface area contributed by atoms with Crippen LogP contribution in [0.3, 0.4) is 0 Å². The minimum absolute atomic E-state index is 0.0612. The van der Waals surface area contributed by atoms with Crippen LogP contribution >= 0.6 is 22.6 Å². The second-order valence-electron chi connectivity index (χ2n) is 7.33. The molecule has 0 fully saturated rings.